The molecule has 1 fully saturated rings. The molecular formula is C74H106N18O15S. The van der Waals surface area contributed by atoms with Gasteiger partial charge in [-0.2, -0.15) is 0 Å². The molecular weight excluding hydrogens is 1410 g/mol. The highest BCUT2D eigenvalue weighted by molar-refractivity contribution is 8.00. The molecule has 0 spiro atoms. The number of aromatic nitrogens is 2. The minimum absolute atomic E-state index is 0.0345. The van der Waals surface area contributed by atoms with Crippen molar-refractivity contribution >= 4 is 116 Å². The maximum Gasteiger partial charge on any atom is 0.245 e. The fraction of sp³-hybridized carbons (Fsp3) is 0.514. The first-order chi connectivity index (χ1) is 51.4. The number of nitrogens with two attached hydrogens (primary N) is 4. The van der Waals surface area contributed by atoms with Crippen LogP contribution in [-0.4, -0.2) is 201 Å². The number of fused-ring (bicyclic) bond motifs is 2. The molecule has 33 nitrogen and oxygen atoms in total. The van der Waals surface area contributed by atoms with Gasteiger partial charge in [-0.3, -0.25) is 67.1 Å². The number of aromatic amines is 2. The van der Waals surface area contributed by atoms with Gasteiger partial charge >= 0.3 is 0 Å². The first kappa shape index (κ1) is 86.5. The molecule has 5 aromatic rings. The molecule has 108 heavy (non-hydrogen) atoms. The van der Waals surface area contributed by atoms with Gasteiger partial charge < -0.3 is 102 Å². The van der Waals surface area contributed by atoms with Gasteiger partial charge in [0.15, 0.2) is 0 Å². The average molecular weight is 1520 g/mol. The molecule has 14 amide bonds. The van der Waals surface area contributed by atoms with Gasteiger partial charge in [-0.25, -0.2) is 0 Å². The number of H-pyrrole nitrogens is 2. The maximum atomic E-state index is 15.0. The third-order valence-electron chi connectivity index (χ3n) is 18.6. The Morgan fingerprint density at radius 3 is 1.36 bits per heavy atom. The fourth-order valence-electron chi connectivity index (χ4n) is 12.2. The van der Waals surface area contributed by atoms with Gasteiger partial charge in [0.1, 0.15) is 66.5 Å². The summed E-state index contributed by atoms with van der Waals surface area (Å²) < 4.78 is 0. The third kappa shape index (κ3) is 26.2. The molecule has 588 valence electrons. The Kier molecular flexibility index (Phi) is 34.2. The van der Waals surface area contributed by atoms with E-state index < -0.39 is 192 Å². The van der Waals surface area contributed by atoms with Gasteiger partial charge in [0.2, 0.25) is 82.7 Å². The molecule has 13 atom stereocenters. The quantitative estimate of drug-likeness (QED) is 0.0341. The normalized spacial score (nSPS) is 23.9. The van der Waals surface area contributed by atoms with Crippen LogP contribution < -0.4 is 86.7 Å². The van der Waals surface area contributed by atoms with Crippen LogP contribution >= 0.6 is 11.8 Å². The van der Waals surface area contributed by atoms with Gasteiger partial charge in [0.25, 0.3) is 0 Å². The standard InChI is InChI=1S/C74H106N18O15S/c1-8-41(6)62-74(107)92-63(42(7)93)71(104)81-36-58(95)82-50(26-16-18-28-75)65(98)87-55(33-57(77)94)67(100)86-54(32-45-35-80-49-25-15-13-23-47(45)49)70(103)89-60(39(2)3)72(105)84-51(27-17-19-29-76)66(99)85-53(31-44-34-79-48-24-14-12-22-46(44)48)69(102)90-61(40(4)5)73(106)88-56(64(78)97)37-108-38-59(96)83-52(68(101)91-62)30-43-20-10-9-11-21-43/h9-15,20-25,34-35,39-42,50-56,60-63,79-80,93H,8,16-19,26-33,36-38,75-76H2,1-7H3,(H2,77,94)(H2,78,97)(H,81,104)(H,82,95)(H,83,96)(H,84,105)(H,85,99)(H,86,100)(H,87,98)(H,88,106)(H,89,103)(H,90,102)(H,91,101)(H,92,107)/t41-,42+,50-,51+,52-,53-,54-,55-,56-,60-,61-,62-,63-/m0/s1. The van der Waals surface area contributed by atoms with Gasteiger partial charge in [0.05, 0.1) is 24.8 Å². The number of carbonyl (C=O) groups is 14. The number of carbonyl (C=O) groups excluding carboxylic acids is 14. The number of nitrogens with one attached hydrogen (secondary N) is 14. The lowest BCUT2D eigenvalue weighted by atomic mass is 9.96. The summed E-state index contributed by atoms with van der Waals surface area (Å²) in [7, 11) is 0. The first-order valence-corrected chi connectivity index (χ1v) is 37.6. The summed E-state index contributed by atoms with van der Waals surface area (Å²) in [5.74, 6) is -15.8. The Bertz CT molecular complexity index is 3940. The lowest BCUT2D eigenvalue weighted by Crippen LogP contribution is -2.62. The van der Waals surface area contributed by atoms with Crippen molar-refractivity contribution in [3.05, 3.63) is 108 Å². The Labute approximate surface area is 630 Å². The third-order valence-corrected chi connectivity index (χ3v) is 19.6. The second kappa shape index (κ2) is 42.8. The second-order valence-corrected chi connectivity index (χ2v) is 28.8. The van der Waals surface area contributed by atoms with Crippen LogP contribution in [0.5, 0.6) is 0 Å². The lowest BCUT2D eigenvalue weighted by Gasteiger charge is -2.29. The number of unbranched alkanes of at least 4 members (excludes halogenated alkanes) is 2. The predicted molar refractivity (Wildman–Crippen MR) is 405 cm³/mol. The van der Waals surface area contributed by atoms with Crippen LogP contribution in [0.25, 0.3) is 21.8 Å². The zero-order chi connectivity index (χ0) is 79.3. The highest BCUT2D eigenvalue weighted by Gasteiger charge is 2.39. The molecule has 0 radical (unpaired) electrons. The number of hydrogen-bond acceptors (Lipinski definition) is 18. The Morgan fingerprint density at radius 1 is 0.463 bits per heavy atom. The van der Waals surface area contributed by atoms with E-state index in [1.165, 1.54) is 6.92 Å². The Balaban J connectivity index is 1.40. The summed E-state index contributed by atoms with van der Waals surface area (Å²) in [5, 5.41) is 43.8. The van der Waals surface area contributed by atoms with Gasteiger partial charge in [-0.1, -0.05) is 115 Å². The summed E-state index contributed by atoms with van der Waals surface area (Å²) >= 11 is 0.871. The molecule has 34 heteroatoms. The van der Waals surface area contributed by atoms with Crippen LogP contribution in [0.2, 0.25) is 0 Å². The van der Waals surface area contributed by atoms with Gasteiger partial charge in [-0.15, -0.1) is 11.8 Å². The molecule has 2 aromatic heterocycles. The van der Waals surface area contributed by atoms with E-state index in [-0.39, 0.29) is 70.2 Å². The van der Waals surface area contributed by atoms with Crippen molar-refractivity contribution < 1.29 is 72.2 Å². The zero-order valence-corrected chi connectivity index (χ0v) is 62.8. The number of amides is 14. The summed E-state index contributed by atoms with van der Waals surface area (Å²) in [6.07, 6.45) is 1.70. The van der Waals surface area contributed by atoms with Crippen LogP contribution in [-0.2, 0) is 86.4 Å². The average Bonchev–Trinajstić information content (AvgIpc) is 1.66. The number of benzene rings is 3. The van der Waals surface area contributed by atoms with Gasteiger partial charge in [-0.05, 0) is 105 Å². The van der Waals surface area contributed by atoms with Crippen molar-refractivity contribution in [2.75, 3.05) is 31.1 Å². The van der Waals surface area contributed by atoms with Crippen LogP contribution in [0, 0.1) is 17.8 Å². The Morgan fingerprint density at radius 2 is 0.880 bits per heavy atom. The van der Waals surface area contributed by atoms with E-state index in [4.69, 9.17) is 22.9 Å². The van der Waals surface area contributed by atoms with E-state index in [1.54, 1.807) is 127 Å². The maximum absolute atomic E-state index is 15.0. The van der Waals surface area contributed by atoms with Crippen molar-refractivity contribution in [2.45, 2.75) is 192 Å². The van der Waals surface area contributed by atoms with Crippen LogP contribution in [0.1, 0.15) is 117 Å². The monoisotopic (exact) mass is 1520 g/mol. The highest BCUT2D eigenvalue weighted by atomic mass is 32.2. The number of aliphatic hydroxyl groups is 1. The summed E-state index contributed by atoms with van der Waals surface area (Å²) in [5.41, 5.74) is 26.3. The van der Waals surface area contributed by atoms with Crippen molar-refractivity contribution in [3.63, 3.8) is 0 Å². The summed E-state index contributed by atoms with van der Waals surface area (Å²) in [6, 6.07) is 6.30. The number of aliphatic hydroxyl groups excluding tert-OH is 1. The molecule has 1 aliphatic heterocycles. The van der Waals surface area contributed by atoms with Crippen LogP contribution in [0.4, 0.5) is 0 Å². The number of primary amides is 2. The minimum Gasteiger partial charge on any atom is -0.391 e. The van der Waals surface area contributed by atoms with E-state index in [2.05, 4.69) is 73.8 Å². The van der Waals surface area contributed by atoms with Crippen molar-refractivity contribution in [1.82, 2.24) is 73.8 Å². The predicted octanol–water partition coefficient (Wildman–Crippen LogP) is -1.77. The zero-order valence-electron chi connectivity index (χ0n) is 62.0. The molecule has 1 aliphatic rings. The molecule has 0 unspecified atom stereocenters. The number of thioether (sulfide) groups is 1. The highest BCUT2D eigenvalue weighted by Crippen LogP contribution is 2.23. The first-order valence-electron chi connectivity index (χ1n) is 36.4. The summed E-state index contributed by atoms with van der Waals surface area (Å²) in [4.78, 5) is 206. The van der Waals surface area contributed by atoms with Crippen LogP contribution in [0.15, 0.2) is 91.3 Å². The smallest absolute Gasteiger partial charge is 0.245 e. The van der Waals surface area contributed by atoms with E-state index in [9.17, 15) is 67.4 Å². The van der Waals surface area contributed by atoms with Crippen LogP contribution in [0.3, 0.4) is 0 Å². The molecule has 1 saturated heterocycles. The molecule has 6 rings (SSSR count). The molecule has 0 aliphatic carbocycles. The lowest BCUT2D eigenvalue weighted by molar-refractivity contribution is -0.137. The number of hydrogen-bond donors (Lipinski definition) is 19. The van der Waals surface area contributed by atoms with E-state index >= 15 is 4.79 Å². The van der Waals surface area contributed by atoms with E-state index in [1.807, 2.05) is 6.07 Å². The van der Waals surface area contributed by atoms with Gasteiger partial charge in [0, 0.05) is 59.2 Å². The number of para-hydroxylation sites is 2. The van der Waals surface area contributed by atoms with Crippen molar-refractivity contribution in [2.24, 2.45) is 40.7 Å². The van der Waals surface area contributed by atoms with Crippen molar-refractivity contribution in [1.29, 1.82) is 0 Å². The fourth-order valence-corrected chi connectivity index (χ4v) is 13.1. The van der Waals surface area contributed by atoms with E-state index in [0.717, 1.165) is 11.8 Å². The minimum atomic E-state index is -1.81. The second-order valence-electron chi connectivity index (χ2n) is 27.8. The van der Waals surface area contributed by atoms with E-state index in [0.29, 0.717) is 51.3 Å². The topological polar surface area (TPSA) is 539 Å². The SMILES string of the molecule is CC[C@H](C)[C@@H]1NC(=O)[C@H](Cc2ccccc2)NC(=O)CSC[C@@H](C(N)=O)NC(=O)[C@H](C(C)C)NC(=O)[C@H](Cc2c[nH]c3ccccc23)NC(=O)[C@@H](CCCCN)NC(=O)[C@H](C(C)C)NC(=O)[C@H](Cc2c[nH]c3ccccc23)NC(=O)[C@H](CC(N)=O)NC(=O)[C@H](CCCCN)NC(=O)CNC(=O)[C@H]([C@@H](C)O)NC1=O. The molecule has 0 saturated carbocycles. The molecule has 23 N–H and O–H groups in total. The van der Waals surface area contributed by atoms with Crippen molar-refractivity contribution in [3.8, 4) is 0 Å². The number of rotatable bonds is 22. The summed E-state index contributed by atoms with van der Waals surface area (Å²) in [6.45, 7) is 10.6. The Hall–Kier alpha value is -10.4. The largest absolute Gasteiger partial charge is 0.391 e. The molecule has 3 heterocycles. The molecule has 3 aromatic carbocycles. The molecule has 0 bridgehead atoms.